The fourth-order valence-electron chi connectivity index (χ4n) is 2.26. The van der Waals surface area contributed by atoms with Gasteiger partial charge >= 0.3 is 5.97 Å². The zero-order valence-corrected chi connectivity index (χ0v) is 13.7. The monoisotopic (exact) mass is 285 g/mol. The van der Waals surface area contributed by atoms with Gasteiger partial charge in [0.2, 0.25) is 0 Å². The van der Waals surface area contributed by atoms with Crippen molar-refractivity contribution in [3.8, 4) is 0 Å². The van der Waals surface area contributed by atoms with Crippen molar-refractivity contribution in [3.63, 3.8) is 0 Å². The molecule has 0 aromatic rings. The fourth-order valence-corrected chi connectivity index (χ4v) is 2.26. The Morgan fingerprint density at radius 2 is 1.35 bits per heavy atom. The summed E-state index contributed by atoms with van der Waals surface area (Å²) >= 11 is 0. The second-order valence-corrected chi connectivity index (χ2v) is 5.75. The number of hydrogen-bond donors (Lipinski definition) is 1. The van der Waals surface area contributed by atoms with E-state index >= 15 is 0 Å². The Bertz CT molecular complexity index is 219. The van der Waals surface area contributed by atoms with Crippen LogP contribution < -0.4 is 5.73 Å². The number of unbranched alkanes of at least 4 members (excludes halogenated alkanes) is 9. The molecule has 0 saturated carbocycles. The molecule has 0 aliphatic carbocycles. The molecule has 3 heteroatoms. The second kappa shape index (κ2) is 14.8. The maximum Gasteiger partial charge on any atom is 0.307 e. The van der Waals surface area contributed by atoms with Crippen LogP contribution in [0.15, 0.2) is 0 Å². The van der Waals surface area contributed by atoms with Crippen LogP contribution in [0.3, 0.4) is 0 Å². The molecule has 0 aliphatic heterocycles. The van der Waals surface area contributed by atoms with Gasteiger partial charge in [-0.15, -0.1) is 0 Å². The van der Waals surface area contributed by atoms with Crippen LogP contribution in [0, 0.1) is 0 Å². The van der Waals surface area contributed by atoms with Crippen LogP contribution in [0.4, 0.5) is 0 Å². The van der Waals surface area contributed by atoms with Crippen molar-refractivity contribution in [3.05, 3.63) is 0 Å². The average Bonchev–Trinajstić information content (AvgIpc) is 2.43. The molecule has 0 aliphatic rings. The Morgan fingerprint density at radius 3 is 1.90 bits per heavy atom. The summed E-state index contributed by atoms with van der Waals surface area (Å²) in [5.74, 6) is -0.143. The molecule has 1 unspecified atom stereocenters. The molecule has 3 nitrogen and oxygen atoms in total. The van der Waals surface area contributed by atoms with Gasteiger partial charge in [0.25, 0.3) is 0 Å². The molecule has 1 atom stereocenters. The van der Waals surface area contributed by atoms with E-state index in [0.29, 0.717) is 6.42 Å². The van der Waals surface area contributed by atoms with Gasteiger partial charge in [0.05, 0.1) is 0 Å². The largest absolute Gasteiger partial charge is 0.447 e. The first-order chi connectivity index (χ1) is 9.70. The van der Waals surface area contributed by atoms with Gasteiger partial charge in [-0.05, 0) is 19.3 Å². The summed E-state index contributed by atoms with van der Waals surface area (Å²) in [6.45, 7) is 4.31. The summed E-state index contributed by atoms with van der Waals surface area (Å²) in [7, 11) is 0. The van der Waals surface area contributed by atoms with E-state index < -0.39 is 6.23 Å². The SMILES string of the molecule is CCCCCCCCCCCC(N)OC(=O)CCCC. The standard InChI is InChI=1S/C17H35NO2/c1-3-5-7-8-9-10-11-12-13-14-16(18)20-17(19)15-6-4-2/h16H,3-15,18H2,1-2H3. The van der Waals surface area contributed by atoms with Gasteiger partial charge in [-0.3, -0.25) is 10.5 Å². The molecule has 20 heavy (non-hydrogen) atoms. The minimum Gasteiger partial charge on any atom is -0.447 e. The second-order valence-electron chi connectivity index (χ2n) is 5.75. The zero-order chi connectivity index (χ0) is 15.1. The number of rotatable bonds is 14. The molecule has 120 valence electrons. The van der Waals surface area contributed by atoms with E-state index in [1.54, 1.807) is 0 Å². The van der Waals surface area contributed by atoms with Crippen molar-refractivity contribution in [1.82, 2.24) is 0 Å². The fraction of sp³-hybridized carbons (Fsp3) is 0.941. The van der Waals surface area contributed by atoms with E-state index in [9.17, 15) is 4.79 Å². The predicted octanol–water partition coefficient (Wildman–Crippen LogP) is 4.93. The van der Waals surface area contributed by atoms with Crippen molar-refractivity contribution >= 4 is 5.97 Å². The molecule has 0 heterocycles. The summed E-state index contributed by atoms with van der Waals surface area (Å²) in [5.41, 5.74) is 5.80. The normalized spacial score (nSPS) is 12.3. The van der Waals surface area contributed by atoms with Gasteiger partial charge in [-0.2, -0.15) is 0 Å². The van der Waals surface area contributed by atoms with Crippen molar-refractivity contribution in [1.29, 1.82) is 0 Å². The Morgan fingerprint density at radius 1 is 0.850 bits per heavy atom. The number of carbonyl (C=O) groups excluding carboxylic acids is 1. The van der Waals surface area contributed by atoms with Crippen LogP contribution >= 0.6 is 0 Å². The minimum atomic E-state index is -0.399. The van der Waals surface area contributed by atoms with Crippen LogP contribution in [0.5, 0.6) is 0 Å². The molecule has 0 aromatic heterocycles. The highest BCUT2D eigenvalue weighted by atomic mass is 16.6. The van der Waals surface area contributed by atoms with Crippen LogP contribution in [0.2, 0.25) is 0 Å². The Hall–Kier alpha value is -0.570. The molecule has 0 bridgehead atoms. The third-order valence-corrected chi connectivity index (χ3v) is 3.61. The molecule has 0 amide bonds. The highest BCUT2D eigenvalue weighted by molar-refractivity contribution is 5.69. The Kier molecular flexibility index (Phi) is 14.4. The number of hydrogen-bond acceptors (Lipinski definition) is 3. The van der Waals surface area contributed by atoms with Crippen LogP contribution in [-0.4, -0.2) is 12.2 Å². The average molecular weight is 285 g/mol. The van der Waals surface area contributed by atoms with E-state index in [1.165, 1.54) is 51.4 Å². The van der Waals surface area contributed by atoms with Gasteiger partial charge < -0.3 is 4.74 Å². The quantitative estimate of drug-likeness (QED) is 0.280. The van der Waals surface area contributed by atoms with Crippen molar-refractivity contribution < 1.29 is 9.53 Å². The zero-order valence-electron chi connectivity index (χ0n) is 13.7. The highest BCUT2D eigenvalue weighted by Gasteiger charge is 2.08. The van der Waals surface area contributed by atoms with Gasteiger partial charge in [-0.25, -0.2) is 0 Å². The van der Waals surface area contributed by atoms with Gasteiger partial charge in [-0.1, -0.05) is 71.6 Å². The molecular weight excluding hydrogens is 250 g/mol. The molecular formula is C17H35NO2. The maximum atomic E-state index is 11.4. The van der Waals surface area contributed by atoms with E-state index in [-0.39, 0.29) is 5.97 Å². The van der Waals surface area contributed by atoms with E-state index in [4.69, 9.17) is 10.5 Å². The number of nitrogens with two attached hydrogens (primary N) is 1. The van der Waals surface area contributed by atoms with Crippen LogP contribution in [-0.2, 0) is 9.53 Å². The van der Waals surface area contributed by atoms with E-state index in [2.05, 4.69) is 13.8 Å². The molecule has 2 N–H and O–H groups in total. The summed E-state index contributed by atoms with van der Waals surface area (Å²) in [4.78, 5) is 11.4. The first-order valence-electron chi connectivity index (χ1n) is 8.65. The topological polar surface area (TPSA) is 52.3 Å². The summed E-state index contributed by atoms with van der Waals surface area (Å²) < 4.78 is 5.16. The molecule has 0 aromatic carbocycles. The Labute approximate surface area is 125 Å². The lowest BCUT2D eigenvalue weighted by Crippen LogP contribution is -2.26. The maximum absolute atomic E-state index is 11.4. The Balaban J connectivity index is 3.26. The third kappa shape index (κ3) is 13.9. The first kappa shape index (κ1) is 19.4. The van der Waals surface area contributed by atoms with Gasteiger partial charge in [0, 0.05) is 6.42 Å². The number of ether oxygens (including phenoxy) is 1. The van der Waals surface area contributed by atoms with Crippen molar-refractivity contribution in [2.24, 2.45) is 5.73 Å². The van der Waals surface area contributed by atoms with Crippen LogP contribution in [0.1, 0.15) is 97.3 Å². The van der Waals surface area contributed by atoms with E-state index in [1.807, 2.05) is 0 Å². The lowest BCUT2D eigenvalue weighted by atomic mass is 10.1. The van der Waals surface area contributed by atoms with Gasteiger partial charge in [0.1, 0.15) is 0 Å². The number of esters is 1. The molecule has 0 spiro atoms. The minimum absolute atomic E-state index is 0.143. The predicted molar refractivity (Wildman–Crippen MR) is 85.4 cm³/mol. The van der Waals surface area contributed by atoms with Crippen molar-refractivity contribution in [2.45, 2.75) is 104 Å². The highest BCUT2D eigenvalue weighted by Crippen LogP contribution is 2.11. The molecule has 0 fully saturated rings. The molecule has 0 radical (unpaired) electrons. The van der Waals surface area contributed by atoms with Gasteiger partial charge in [0.15, 0.2) is 6.23 Å². The molecule has 0 rings (SSSR count). The van der Waals surface area contributed by atoms with Crippen molar-refractivity contribution in [2.75, 3.05) is 0 Å². The lowest BCUT2D eigenvalue weighted by molar-refractivity contribution is -0.149. The lowest BCUT2D eigenvalue weighted by Gasteiger charge is -2.12. The number of carbonyl (C=O) groups is 1. The summed E-state index contributed by atoms with van der Waals surface area (Å²) in [6.07, 6.45) is 14.5. The van der Waals surface area contributed by atoms with E-state index in [0.717, 1.165) is 25.7 Å². The summed E-state index contributed by atoms with van der Waals surface area (Å²) in [6, 6.07) is 0. The smallest absolute Gasteiger partial charge is 0.307 e. The summed E-state index contributed by atoms with van der Waals surface area (Å²) in [5, 5.41) is 0. The molecule has 0 saturated heterocycles. The first-order valence-corrected chi connectivity index (χ1v) is 8.65. The van der Waals surface area contributed by atoms with Crippen LogP contribution in [0.25, 0.3) is 0 Å². The third-order valence-electron chi connectivity index (χ3n) is 3.61.